The summed E-state index contributed by atoms with van der Waals surface area (Å²) in [5.41, 5.74) is -0.711. The Morgan fingerprint density at radius 3 is 2.32 bits per heavy atom. The smallest absolute Gasteiger partial charge is 0.343 e. The van der Waals surface area contributed by atoms with Gasteiger partial charge in [-0.15, -0.1) is 0 Å². The average Bonchev–Trinajstić information content (AvgIpc) is 2.23. The quantitative estimate of drug-likeness (QED) is 0.808. The largest absolute Gasteiger partial charge is 0.405 e. The molecule has 0 fully saturated rings. The summed E-state index contributed by atoms with van der Waals surface area (Å²) in [4.78, 5) is 10.7. The number of sulfonamides is 1. The lowest BCUT2D eigenvalue weighted by Gasteiger charge is -2.09. The first kappa shape index (κ1) is 15.4. The number of rotatable bonds is 3. The van der Waals surface area contributed by atoms with Gasteiger partial charge in [0.2, 0.25) is 10.0 Å². The molecular weight excluding hydrogens is 292 g/mol. The lowest BCUT2D eigenvalue weighted by molar-refractivity contribution is -0.123. The Bertz CT molecular complexity index is 598. The lowest BCUT2D eigenvalue weighted by atomic mass is 10.2. The zero-order chi connectivity index (χ0) is 14.8. The number of hydrogen-bond donors (Lipinski definition) is 2. The maximum Gasteiger partial charge on any atom is 0.405 e. The van der Waals surface area contributed by atoms with E-state index in [2.05, 4.69) is 0 Å². The number of alkyl halides is 3. The fourth-order valence-corrected chi connectivity index (χ4v) is 1.66. The molecule has 0 aliphatic heterocycles. The highest BCUT2D eigenvalue weighted by Gasteiger charge is 2.28. The van der Waals surface area contributed by atoms with Gasteiger partial charge in [-0.05, 0) is 18.2 Å². The Hall–Kier alpha value is -1.68. The summed E-state index contributed by atoms with van der Waals surface area (Å²) in [7, 11) is -4.16. The van der Waals surface area contributed by atoms with Crippen LogP contribution in [0.25, 0.3) is 0 Å². The second-order valence-corrected chi connectivity index (χ2v) is 5.05. The molecule has 0 radical (unpaired) electrons. The molecule has 0 saturated heterocycles. The van der Waals surface area contributed by atoms with Crippen molar-refractivity contribution in [2.75, 3.05) is 6.54 Å². The number of hydrogen-bond acceptors (Lipinski definition) is 3. The van der Waals surface area contributed by atoms with E-state index in [1.54, 1.807) is 0 Å². The predicted octanol–water partition coefficient (Wildman–Crippen LogP) is 0.765. The van der Waals surface area contributed by atoms with Crippen molar-refractivity contribution >= 4 is 15.9 Å². The van der Waals surface area contributed by atoms with Gasteiger partial charge in [-0.1, -0.05) is 0 Å². The van der Waals surface area contributed by atoms with E-state index in [4.69, 9.17) is 5.14 Å². The number of nitrogens with two attached hydrogens (primary N) is 1. The standard InChI is InChI=1S/C9H8F4N2O3S/c10-7-3-5(19(14,17)18)1-2-6(7)8(16)15-4-9(11,12)13/h1-3H,4H2,(H,15,16)(H2,14,17,18). The first-order valence-electron chi connectivity index (χ1n) is 4.68. The molecule has 10 heteroatoms. The number of halogens is 4. The molecule has 106 valence electrons. The van der Waals surface area contributed by atoms with Gasteiger partial charge in [0, 0.05) is 0 Å². The molecule has 3 N–H and O–H groups in total. The highest BCUT2D eigenvalue weighted by Crippen LogP contribution is 2.15. The normalized spacial score (nSPS) is 12.3. The van der Waals surface area contributed by atoms with Gasteiger partial charge in [-0.25, -0.2) is 17.9 Å². The Morgan fingerprint density at radius 2 is 1.89 bits per heavy atom. The molecule has 19 heavy (non-hydrogen) atoms. The molecule has 1 rings (SSSR count). The predicted molar refractivity (Wildman–Crippen MR) is 56.2 cm³/mol. The van der Waals surface area contributed by atoms with Gasteiger partial charge in [-0.3, -0.25) is 4.79 Å². The fraction of sp³-hybridized carbons (Fsp3) is 0.222. The van der Waals surface area contributed by atoms with E-state index in [0.29, 0.717) is 6.07 Å². The minimum absolute atomic E-state index is 0.456. The first-order valence-corrected chi connectivity index (χ1v) is 6.22. The third-order valence-electron chi connectivity index (χ3n) is 1.96. The molecule has 0 saturated carbocycles. The molecule has 0 aromatic heterocycles. The molecule has 1 aromatic rings. The van der Waals surface area contributed by atoms with Gasteiger partial charge in [0.25, 0.3) is 5.91 Å². The van der Waals surface area contributed by atoms with Crippen LogP contribution in [-0.4, -0.2) is 27.0 Å². The Labute approximate surface area is 105 Å². The molecule has 0 heterocycles. The molecule has 1 amide bonds. The van der Waals surface area contributed by atoms with Gasteiger partial charge >= 0.3 is 6.18 Å². The topological polar surface area (TPSA) is 89.3 Å². The van der Waals surface area contributed by atoms with E-state index < -0.39 is 44.9 Å². The minimum Gasteiger partial charge on any atom is -0.343 e. The van der Waals surface area contributed by atoms with Crippen LogP contribution in [0.5, 0.6) is 0 Å². The van der Waals surface area contributed by atoms with E-state index in [0.717, 1.165) is 12.1 Å². The maximum absolute atomic E-state index is 13.4. The van der Waals surface area contributed by atoms with Gasteiger partial charge in [-0.2, -0.15) is 13.2 Å². The van der Waals surface area contributed by atoms with Crippen molar-refractivity contribution in [2.45, 2.75) is 11.1 Å². The lowest BCUT2D eigenvalue weighted by Crippen LogP contribution is -2.34. The molecule has 0 spiro atoms. The Balaban J connectivity index is 2.95. The van der Waals surface area contributed by atoms with E-state index >= 15 is 0 Å². The summed E-state index contributed by atoms with van der Waals surface area (Å²) in [6, 6.07) is 2.01. The molecule has 0 aliphatic rings. The van der Waals surface area contributed by atoms with Crippen molar-refractivity contribution in [1.82, 2.24) is 5.32 Å². The Kier molecular flexibility index (Phi) is 4.15. The number of amides is 1. The fourth-order valence-electron chi connectivity index (χ4n) is 1.13. The monoisotopic (exact) mass is 300 g/mol. The van der Waals surface area contributed by atoms with Crippen molar-refractivity contribution in [1.29, 1.82) is 0 Å². The number of carbonyl (C=O) groups excluding carboxylic acids is 1. The number of benzene rings is 1. The van der Waals surface area contributed by atoms with E-state index in [9.17, 15) is 30.8 Å². The van der Waals surface area contributed by atoms with Crippen LogP contribution in [0.2, 0.25) is 0 Å². The summed E-state index contributed by atoms with van der Waals surface area (Å²) in [5.74, 6) is -2.60. The van der Waals surface area contributed by atoms with Crippen LogP contribution in [0.15, 0.2) is 23.1 Å². The summed E-state index contributed by atoms with van der Waals surface area (Å²) in [5, 5.41) is 6.18. The van der Waals surface area contributed by atoms with Crippen LogP contribution < -0.4 is 10.5 Å². The highest BCUT2D eigenvalue weighted by atomic mass is 32.2. The van der Waals surface area contributed by atoms with Crippen LogP contribution in [0.1, 0.15) is 10.4 Å². The van der Waals surface area contributed by atoms with Crippen molar-refractivity contribution in [3.8, 4) is 0 Å². The van der Waals surface area contributed by atoms with Gasteiger partial charge in [0.1, 0.15) is 12.4 Å². The minimum atomic E-state index is -4.63. The number of nitrogens with one attached hydrogen (secondary N) is 1. The van der Waals surface area contributed by atoms with Gasteiger partial charge in [0.05, 0.1) is 10.5 Å². The van der Waals surface area contributed by atoms with Crippen molar-refractivity contribution in [3.63, 3.8) is 0 Å². The van der Waals surface area contributed by atoms with Crippen molar-refractivity contribution < 1.29 is 30.8 Å². The molecule has 0 unspecified atom stereocenters. The van der Waals surface area contributed by atoms with Crippen LogP contribution in [0, 0.1) is 5.82 Å². The zero-order valence-corrected chi connectivity index (χ0v) is 9.98. The zero-order valence-electron chi connectivity index (χ0n) is 9.16. The molecule has 1 aromatic carbocycles. The van der Waals surface area contributed by atoms with Crippen LogP contribution in [-0.2, 0) is 10.0 Å². The molecule has 0 aliphatic carbocycles. The van der Waals surface area contributed by atoms with Gasteiger partial charge < -0.3 is 5.32 Å². The summed E-state index contributed by atoms with van der Waals surface area (Å²) < 4.78 is 70.7. The molecular formula is C9H8F4N2O3S. The van der Waals surface area contributed by atoms with Crippen LogP contribution in [0.3, 0.4) is 0 Å². The summed E-state index contributed by atoms with van der Waals surface area (Å²) in [6.07, 6.45) is -4.63. The number of primary sulfonamides is 1. The second kappa shape index (κ2) is 5.13. The average molecular weight is 300 g/mol. The van der Waals surface area contributed by atoms with Crippen molar-refractivity contribution in [2.24, 2.45) is 5.14 Å². The van der Waals surface area contributed by atoms with E-state index in [1.807, 2.05) is 0 Å². The second-order valence-electron chi connectivity index (χ2n) is 3.48. The molecule has 5 nitrogen and oxygen atoms in total. The van der Waals surface area contributed by atoms with Crippen LogP contribution in [0.4, 0.5) is 17.6 Å². The van der Waals surface area contributed by atoms with Crippen LogP contribution >= 0.6 is 0 Å². The Morgan fingerprint density at radius 1 is 1.32 bits per heavy atom. The van der Waals surface area contributed by atoms with E-state index in [1.165, 1.54) is 5.32 Å². The third-order valence-corrected chi connectivity index (χ3v) is 2.87. The number of carbonyl (C=O) groups is 1. The summed E-state index contributed by atoms with van der Waals surface area (Å²) >= 11 is 0. The van der Waals surface area contributed by atoms with E-state index in [-0.39, 0.29) is 0 Å². The van der Waals surface area contributed by atoms with Crippen molar-refractivity contribution in [3.05, 3.63) is 29.6 Å². The maximum atomic E-state index is 13.4. The third kappa shape index (κ3) is 4.48. The van der Waals surface area contributed by atoms with Gasteiger partial charge in [0.15, 0.2) is 0 Å². The summed E-state index contributed by atoms with van der Waals surface area (Å²) in [6.45, 7) is -1.62. The highest BCUT2D eigenvalue weighted by molar-refractivity contribution is 7.89. The SMILES string of the molecule is NS(=O)(=O)c1ccc(C(=O)NCC(F)(F)F)c(F)c1. The molecule has 0 atom stereocenters. The molecule has 0 bridgehead atoms. The first-order chi connectivity index (χ1) is 8.50.